The number of nitrogens with zero attached hydrogens (tertiary/aromatic N) is 1. The number of aliphatic hydroxyl groups excluding tert-OH is 1. The van der Waals surface area contributed by atoms with Crippen LogP contribution in [0.1, 0.15) is 45.1 Å². The number of benzene rings is 4. The Hall–Kier alpha value is -4.49. The molecule has 0 saturated heterocycles. The Morgan fingerprint density at radius 1 is 0.917 bits per heavy atom. The van der Waals surface area contributed by atoms with Gasteiger partial charge in [0, 0.05) is 37.8 Å². The molecule has 0 saturated carbocycles. The first-order valence-corrected chi connectivity index (χ1v) is 16.9. The van der Waals surface area contributed by atoms with E-state index < -0.39 is 39.7 Å². The fourth-order valence-corrected chi connectivity index (χ4v) is 7.01. The number of fused-ring (bicyclic) bond motifs is 1. The van der Waals surface area contributed by atoms with Crippen molar-refractivity contribution >= 4 is 22.4 Å². The van der Waals surface area contributed by atoms with Gasteiger partial charge in [-0.2, -0.15) is 4.31 Å². The lowest BCUT2D eigenvalue weighted by Gasteiger charge is -2.28. The molecule has 48 heavy (non-hydrogen) atoms. The lowest BCUT2D eigenvalue weighted by atomic mass is 10.00. The van der Waals surface area contributed by atoms with Crippen LogP contribution in [0.4, 0.5) is 8.78 Å². The summed E-state index contributed by atoms with van der Waals surface area (Å²) in [6.07, 6.45) is 0.386. The number of aliphatic hydroxyl groups is 1. The molecule has 1 heterocycles. The van der Waals surface area contributed by atoms with E-state index in [2.05, 4.69) is 23.6 Å². The van der Waals surface area contributed by atoms with Gasteiger partial charge in [-0.25, -0.2) is 17.2 Å². The molecule has 0 aromatic heterocycles. The zero-order valence-electron chi connectivity index (χ0n) is 26.5. The summed E-state index contributed by atoms with van der Waals surface area (Å²) < 4.78 is 56.1. The van der Waals surface area contributed by atoms with Gasteiger partial charge in [0.2, 0.25) is 10.0 Å². The van der Waals surface area contributed by atoms with Gasteiger partial charge in [-0.1, -0.05) is 55.5 Å². The van der Waals surface area contributed by atoms with Crippen molar-refractivity contribution in [1.29, 1.82) is 0 Å². The van der Waals surface area contributed by atoms with Gasteiger partial charge in [0.25, 0.3) is 12.4 Å². The lowest BCUT2D eigenvalue weighted by Crippen LogP contribution is -2.48. The summed E-state index contributed by atoms with van der Waals surface area (Å²) >= 11 is 0. The van der Waals surface area contributed by atoms with Gasteiger partial charge in [0.05, 0.1) is 17.0 Å². The Bertz CT molecular complexity index is 1780. The first-order chi connectivity index (χ1) is 23.0. The van der Waals surface area contributed by atoms with Crippen LogP contribution in [0.2, 0.25) is 0 Å². The summed E-state index contributed by atoms with van der Waals surface area (Å²) in [6.45, 7) is 3.05. The molecule has 1 amide bonds. The molecule has 12 heteroatoms. The first kappa shape index (κ1) is 36.3. The van der Waals surface area contributed by atoms with E-state index >= 15 is 0 Å². The van der Waals surface area contributed by atoms with Gasteiger partial charge < -0.3 is 20.8 Å². The second-order valence-electron chi connectivity index (χ2n) is 11.4. The third-order valence-electron chi connectivity index (χ3n) is 8.09. The second kappa shape index (κ2) is 17.1. The normalized spacial score (nSPS) is 14.2. The summed E-state index contributed by atoms with van der Waals surface area (Å²) in [4.78, 5) is 21.7. The maximum absolute atomic E-state index is 13.9. The molecule has 0 unspecified atom stereocenters. The summed E-state index contributed by atoms with van der Waals surface area (Å²) in [5.41, 5.74) is 4.79. The largest absolute Gasteiger partial charge is 0.483 e. The van der Waals surface area contributed by atoms with Crippen molar-refractivity contribution in [3.05, 3.63) is 136 Å². The van der Waals surface area contributed by atoms with E-state index in [4.69, 9.17) is 9.90 Å². The van der Waals surface area contributed by atoms with Crippen LogP contribution in [0.3, 0.4) is 0 Å². The quantitative estimate of drug-likeness (QED) is 0.162. The molecular formula is C36H39F2N3O6S. The van der Waals surface area contributed by atoms with Crippen LogP contribution in [0, 0.1) is 11.6 Å². The standard InChI is InChI=1S/C35H37F2N3O4S.CH2O2/c1-2-24-6-5-7-25(16-24)21-38-22-34(41)33(19-26-17-30(36)20-31(37)18-26)39-35(42)28-10-12-32(13-11-28)45(43,44)40-15-14-27-8-3-4-9-29(27)23-40;2-1-3/h3-13,16-18,20,33-34,38,41H,2,14-15,19,21-23H2,1H3,(H,39,42);1H,(H,2,3)/t33-,34+;/m0./s1. The second-order valence-corrected chi connectivity index (χ2v) is 13.4. The van der Waals surface area contributed by atoms with Crippen LogP contribution in [0.5, 0.6) is 0 Å². The highest BCUT2D eigenvalue weighted by atomic mass is 32.2. The van der Waals surface area contributed by atoms with Crippen LogP contribution in [-0.2, 0) is 47.2 Å². The zero-order chi connectivity index (χ0) is 34.7. The Labute approximate surface area is 279 Å². The molecular weight excluding hydrogens is 640 g/mol. The SMILES string of the molecule is CCc1cccc(CNC[C@@H](O)[C@H](Cc2cc(F)cc(F)c2)NC(=O)c2ccc(S(=O)(=O)N3CCc4ccccc4C3)cc2)c1.O=CO. The molecule has 4 aromatic carbocycles. The van der Waals surface area contributed by atoms with Crippen molar-refractivity contribution in [2.24, 2.45) is 0 Å². The average Bonchev–Trinajstić information content (AvgIpc) is 3.07. The van der Waals surface area contributed by atoms with E-state index in [1.165, 1.54) is 34.1 Å². The number of rotatable bonds is 12. The number of halogens is 2. The lowest BCUT2D eigenvalue weighted by molar-refractivity contribution is -0.122. The number of carboxylic acid groups (broad SMARTS) is 1. The molecule has 4 N–H and O–H groups in total. The maximum Gasteiger partial charge on any atom is 0.290 e. The Balaban J connectivity index is 0.00000167. The summed E-state index contributed by atoms with van der Waals surface area (Å²) in [6, 6.07) is 23.6. The van der Waals surface area contributed by atoms with Gasteiger partial charge in [0.15, 0.2) is 0 Å². The number of aryl methyl sites for hydroxylation is 1. The minimum absolute atomic E-state index is 0.0303. The van der Waals surface area contributed by atoms with Crippen LogP contribution >= 0.6 is 0 Å². The van der Waals surface area contributed by atoms with E-state index in [-0.39, 0.29) is 42.0 Å². The third kappa shape index (κ3) is 9.77. The van der Waals surface area contributed by atoms with Crippen molar-refractivity contribution in [3.63, 3.8) is 0 Å². The minimum atomic E-state index is -3.79. The highest BCUT2D eigenvalue weighted by Gasteiger charge is 2.29. The summed E-state index contributed by atoms with van der Waals surface area (Å²) in [7, 11) is -3.79. The van der Waals surface area contributed by atoms with Gasteiger partial charge in [-0.05, 0) is 83.5 Å². The average molecular weight is 680 g/mol. The Kier molecular flexibility index (Phi) is 12.9. The molecule has 0 aliphatic carbocycles. The topological polar surface area (TPSA) is 136 Å². The predicted molar refractivity (Wildman–Crippen MR) is 178 cm³/mol. The Morgan fingerprint density at radius 3 is 2.23 bits per heavy atom. The zero-order valence-corrected chi connectivity index (χ0v) is 27.3. The fourth-order valence-electron chi connectivity index (χ4n) is 5.59. The molecule has 9 nitrogen and oxygen atoms in total. The van der Waals surface area contributed by atoms with E-state index in [1.54, 1.807) is 0 Å². The van der Waals surface area contributed by atoms with Crippen LogP contribution in [0.15, 0.2) is 95.9 Å². The third-order valence-corrected chi connectivity index (χ3v) is 9.95. The van der Waals surface area contributed by atoms with Crippen molar-refractivity contribution < 1.29 is 37.0 Å². The minimum Gasteiger partial charge on any atom is -0.483 e. The van der Waals surface area contributed by atoms with E-state index in [1.807, 2.05) is 42.5 Å². The van der Waals surface area contributed by atoms with E-state index in [9.17, 15) is 27.1 Å². The highest BCUT2D eigenvalue weighted by molar-refractivity contribution is 7.89. The molecule has 5 rings (SSSR count). The molecule has 0 radical (unpaired) electrons. The molecule has 2 atom stereocenters. The van der Waals surface area contributed by atoms with E-state index in [0.29, 0.717) is 19.5 Å². The van der Waals surface area contributed by atoms with Crippen molar-refractivity contribution in [2.75, 3.05) is 13.1 Å². The number of amides is 1. The molecule has 0 fully saturated rings. The number of hydrogen-bond acceptors (Lipinski definition) is 6. The predicted octanol–water partition coefficient (Wildman–Crippen LogP) is 4.47. The number of carbonyl (C=O) groups excluding carboxylic acids is 1. The smallest absolute Gasteiger partial charge is 0.290 e. The first-order valence-electron chi connectivity index (χ1n) is 15.5. The van der Waals surface area contributed by atoms with Crippen molar-refractivity contribution in [3.8, 4) is 0 Å². The number of nitrogens with one attached hydrogen (secondary N) is 2. The van der Waals surface area contributed by atoms with E-state index in [0.717, 1.165) is 41.3 Å². The molecule has 1 aliphatic rings. The molecule has 4 aromatic rings. The molecule has 1 aliphatic heterocycles. The highest BCUT2D eigenvalue weighted by Crippen LogP contribution is 2.25. The number of carbonyl (C=O) groups is 2. The fraction of sp³-hybridized carbons (Fsp3) is 0.278. The molecule has 0 spiro atoms. The molecule has 0 bridgehead atoms. The van der Waals surface area contributed by atoms with Crippen LogP contribution < -0.4 is 10.6 Å². The summed E-state index contributed by atoms with van der Waals surface area (Å²) in [5.74, 6) is -2.07. The number of sulfonamides is 1. The van der Waals surface area contributed by atoms with Crippen molar-refractivity contribution in [2.45, 2.75) is 56.3 Å². The Morgan fingerprint density at radius 2 is 1.56 bits per heavy atom. The molecule has 254 valence electrons. The van der Waals surface area contributed by atoms with Crippen LogP contribution in [0.25, 0.3) is 0 Å². The number of hydrogen-bond donors (Lipinski definition) is 4. The van der Waals surface area contributed by atoms with Gasteiger partial charge in [-0.3, -0.25) is 9.59 Å². The maximum atomic E-state index is 13.9. The van der Waals surface area contributed by atoms with Gasteiger partial charge in [0.1, 0.15) is 11.6 Å². The monoisotopic (exact) mass is 679 g/mol. The van der Waals surface area contributed by atoms with Crippen LogP contribution in [-0.4, -0.2) is 60.6 Å². The summed E-state index contributed by atoms with van der Waals surface area (Å²) in [5, 5.41) is 24.0. The van der Waals surface area contributed by atoms with Gasteiger partial charge in [-0.15, -0.1) is 0 Å². The van der Waals surface area contributed by atoms with Crippen molar-refractivity contribution in [1.82, 2.24) is 14.9 Å². The van der Waals surface area contributed by atoms with Gasteiger partial charge >= 0.3 is 0 Å².